The maximum atomic E-state index is 13.2. The Morgan fingerprint density at radius 1 is 0.415 bits per heavy atom. The van der Waals surface area contributed by atoms with Crippen LogP contribution in [0.1, 0.15) is 15.9 Å². The van der Waals surface area contributed by atoms with Gasteiger partial charge in [-0.05, 0) is 145 Å². The van der Waals surface area contributed by atoms with Crippen LogP contribution in [-0.4, -0.2) is 89.0 Å². The number of nitro groups is 3. The van der Waals surface area contributed by atoms with Gasteiger partial charge < -0.3 is 50.7 Å². The lowest BCUT2D eigenvalue weighted by Crippen LogP contribution is -2.12. The van der Waals surface area contributed by atoms with Gasteiger partial charge in [0.1, 0.15) is 23.9 Å². The molecule has 9 aromatic carbocycles. The third kappa shape index (κ3) is 20.5. The fourth-order valence-corrected chi connectivity index (χ4v) is 10.1. The van der Waals surface area contributed by atoms with E-state index >= 15 is 0 Å². The summed E-state index contributed by atoms with van der Waals surface area (Å²) in [7, 11) is 5.65. The van der Waals surface area contributed by atoms with Crippen LogP contribution in [0.3, 0.4) is 0 Å². The number of carbonyl (C=O) groups is 1. The van der Waals surface area contributed by atoms with Crippen LogP contribution < -0.4 is 50.7 Å². The van der Waals surface area contributed by atoms with Crippen LogP contribution in [0, 0.1) is 36.2 Å². The molecule has 0 aliphatic carbocycles. The smallest absolute Gasteiger partial charge is 0.311 e. The molecule has 4 aromatic heterocycles. The zero-order valence-corrected chi connectivity index (χ0v) is 57.4. The molecule has 0 fully saturated rings. The van der Waals surface area contributed by atoms with Gasteiger partial charge in [-0.2, -0.15) is 0 Å². The maximum absolute atomic E-state index is 13.2. The predicted molar refractivity (Wildman–Crippen MR) is 399 cm³/mol. The number of halogens is 2. The largest absolute Gasteiger partial charge is 0.496 e. The molecule has 0 radical (unpaired) electrons. The second kappa shape index (κ2) is 36.1. The van der Waals surface area contributed by atoms with Gasteiger partial charge in [0.15, 0.2) is 17.2 Å². The van der Waals surface area contributed by atoms with E-state index in [1.54, 1.807) is 116 Å². The van der Waals surface area contributed by atoms with Gasteiger partial charge in [-0.3, -0.25) is 35.1 Å². The second-order valence-corrected chi connectivity index (χ2v) is 22.4. The van der Waals surface area contributed by atoms with E-state index < -0.39 is 20.7 Å². The molecule has 13 aromatic rings. The maximum Gasteiger partial charge on any atom is 0.311 e. The summed E-state index contributed by atoms with van der Waals surface area (Å²) < 4.78 is 39.3. The van der Waals surface area contributed by atoms with Crippen molar-refractivity contribution in [2.45, 2.75) is 6.61 Å². The van der Waals surface area contributed by atoms with Crippen molar-refractivity contribution in [3.05, 3.63) is 308 Å². The lowest BCUT2D eigenvalue weighted by Gasteiger charge is -2.10. The minimum absolute atomic E-state index is 0.122. The van der Waals surface area contributed by atoms with E-state index in [1.807, 2.05) is 97.1 Å². The van der Waals surface area contributed by atoms with Crippen LogP contribution >= 0.6 is 11.6 Å². The first-order chi connectivity index (χ1) is 51.4. The molecule has 13 rings (SSSR count). The standard InChI is InChI=1S/C24H20N4O4.C18H16N4O2.C17H13ClN4O3.C17H13FN4O3/c1-31-23-11-10-18(14-22(23)28(29)30)21-12-13-25-24(27-21)26-19-8-5-9-20(15-19)32-16-17-6-3-2-4-7-17;1-24-16-8-7-12(11-14(16)17(19)23)15-9-10-20-18(22-15)21-13-5-3-2-4-6-13;2*1-25-16-6-5-11(9-15(16)22(23)24)14-7-8-19-17(21-14)20-13-4-2-3-12(18)10-13/h2-15H,16H2,1H3,(H,25,26,27);2-11H,1H3,(H2,19,23)(H,20,21,22);2*2-10H,1H3,(H,19,20,21). The van der Waals surface area contributed by atoms with Gasteiger partial charge in [-0.25, -0.2) is 44.3 Å². The first kappa shape index (κ1) is 74.1. The van der Waals surface area contributed by atoms with Crippen molar-refractivity contribution in [3.8, 4) is 73.8 Å². The molecule has 1 amide bonds. The summed E-state index contributed by atoms with van der Waals surface area (Å²) in [6.45, 7) is 0.465. The highest BCUT2D eigenvalue weighted by Crippen LogP contribution is 2.36. The van der Waals surface area contributed by atoms with Crippen LogP contribution in [0.5, 0.6) is 28.7 Å². The molecule has 0 saturated heterocycles. The van der Waals surface area contributed by atoms with Gasteiger partial charge in [0, 0.05) is 99.1 Å². The summed E-state index contributed by atoms with van der Waals surface area (Å²) in [5.74, 6) is 2.21. The van der Waals surface area contributed by atoms with Crippen molar-refractivity contribution in [2.24, 2.45) is 5.73 Å². The number of nitrogens with zero attached hydrogens (tertiary/aromatic N) is 11. The second-order valence-electron chi connectivity index (χ2n) is 22.0. The number of benzene rings is 9. The molecule has 0 unspecified atom stereocenters. The molecule has 0 atom stereocenters. The van der Waals surface area contributed by atoms with Gasteiger partial charge >= 0.3 is 17.1 Å². The number of hydrogen-bond acceptors (Lipinski definition) is 24. The molecule has 532 valence electrons. The molecular weight excluding hydrogens is 1380 g/mol. The Hall–Kier alpha value is -14.6. The molecule has 4 heterocycles. The van der Waals surface area contributed by atoms with Crippen LogP contribution in [0.15, 0.2) is 255 Å². The predicted octanol–water partition coefficient (Wildman–Crippen LogP) is 16.8. The third-order valence-electron chi connectivity index (χ3n) is 14.9. The van der Waals surface area contributed by atoms with Gasteiger partial charge in [-0.15, -0.1) is 0 Å². The topological polar surface area (TPSA) is 370 Å². The van der Waals surface area contributed by atoms with Gasteiger partial charge in [0.25, 0.3) is 5.91 Å². The summed E-state index contributed by atoms with van der Waals surface area (Å²) in [5.41, 5.74) is 14.0. The van der Waals surface area contributed by atoms with Crippen molar-refractivity contribution in [1.29, 1.82) is 0 Å². The Bertz CT molecular complexity index is 5100. The zero-order valence-electron chi connectivity index (χ0n) is 56.6. The van der Waals surface area contributed by atoms with Crippen molar-refractivity contribution in [3.63, 3.8) is 0 Å². The van der Waals surface area contributed by atoms with Crippen LogP contribution in [-0.2, 0) is 6.61 Å². The Balaban J connectivity index is 0.000000152. The Morgan fingerprint density at radius 2 is 0.774 bits per heavy atom. The number of nitrogens with one attached hydrogen (secondary N) is 4. The molecule has 28 nitrogen and oxygen atoms in total. The van der Waals surface area contributed by atoms with Crippen molar-refractivity contribution in [1.82, 2.24) is 39.9 Å². The fourth-order valence-electron chi connectivity index (χ4n) is 9.93. The molecule has 0 aliphatic rings. The molecule has 0 saturated carbocycles. The van der Waals surface area contributed by atoms with E-state index in [0.717, 1.165) is 28.2 Å². The molecule has 30 heteroatoms. The number of nitrogens with two attached hydrogens (primary N) is 1. The van der Waals surface area contributed by atoms with E-state index in [9.17, 15) is 39.5 Å². The number of amides is 1. The molecule has 6 N–H and O–H groups in total. The molecule has 0 spiro atoms. The number of hydrogen-bond donors (Lipinski definition) is 5. The van der Waals surface area contributed by atoms with Crippen LogP contribution in [0.2, 0.25) is 5.02 Å². The van der Waals surface area contributed by atoms with Gasteiger partial charge in [0.2, 0.25) is 23.8 Å². The molecule has 0 bridgehead atoms. The Kier molecular flexibility index (Phi) is 25.3. The normalized spacial score (nSPS) is 10.3. The number of anilines is 8. The van der Waals surface area contributed by atoms with Crippen molar-refractivity contribution in [2.75, 3.05) is 49.7 Å². The summed E-state index contributed by atoms with van der Waals surface area (Å²) in [6.07, 6.45) is 6.34. The number of aromatic nitrogens is 8. The number of carbonyl (C=O) groups excluding carboxylic acids is 1. The number of para-hydroxylation sites is 1. The van der Waals surface area contributed by atoms with E-state index in [4.69, 9.17) is 41.0 Å². The van der Waals surface area contributed by atoms with Crippen molar-refractivity contribution < 1.29 is 47.6 Å². The third-order valence-corrected chi connectivity index (χ3v) is 15.2. The number of ether oxygens (including phenoxy) is 5. The average Bonchev–Trinajstić information content (AvgIpc) is 0.836. The van der Waals surface area contributed by atoms with Gasteiger partial charge in [0.05, 0.1) is 71.5 Å². The molecular formula is C76H62ClFN16O12. The summed E-state index contributed by atoms with van der Waals surface area (Å²) in [5, 5.41) is 46.5. The Labute approximate surface area is 609 Å². The van der Waals surface area contributed by atoms with Crippen LogP contribution in [0.4, 0.5) is 68.0 Å². The number of methoxy groups -OCH3 is 4. The molecule has 106 heavy (non-hydrogen) atoms. The average molecular weight is 1450 g/mol. The summed E-state index contributed by atoms with van der Waals surface area (Å²) in [6, 6.07) is 65.9. The monoisotopic (exact) mass is 1440 g/mol. The minimum atomic E-state index is -0.551. The lowest BCUT2D eigenvalue weighted by molar-refractivity contribution is -0.385. The number of primary amides is 1. The highest BCUT2D eigenvalue weighted by atomic mass is 35.5. The molecule has 0 aliphatic heterocycles. The first-order valence-corrected chi connectivity index (χ1v) is 32.0. The van der Waals surface area contributed by atoms with E-state index in [0.29, 0.717) is 91.7 Å². The van der Waals surface area contributed by atoms with Crippen LogP contribution in [0.25, 0.3) is 45.0 Å². The number of rotatable bonds is 23. The van der Waals surface area contributed by atoms with Crippen molar-refractivity contribution >= 4 is 81.1 Å². The van der Waals surface area contributed by atoms with Gasteiger partial charge in [-0.1, -0.05) is 78.3 Å². The van der Waals surface area contributed by atoms with E-state index in [-0.39, 0.29) is 46.1 Å². The first-order valence-electron chi connectivity index (χ1n) is 31.6. The SMILES string of the molecule is COc1ccc(-c2ccnc(Nc3cccc(Cl)c3)n2)cc1[N+](=O)[O-].COc1ccc(-c2ccnc(Nc3cccc(F)c3)n2)cc1[N+](=O)[O-].COc1ccc(-c2ccnc(Nc3cccc(OCc4ccccc4)c3)n2)cc1[N+](=O)[O-].COc1ccc(-c2ccnc(Nc3ccccc3)n2)cc1C(N)=O. The number of nitro benzene ring substituents is 3. The highest BCUT2D eigenvalue weighted by molar-refractivity contribution is 6.30. The summed E-state index contributed by atoms with van der Waals surface area (Å²) >= 11 is 5.96. The Morgan fingerprint density at radius 3 is 1.17 bits per heavy atom. The lowest BCUT2D eigenvalue weighted by atomic mass is 10.1. The highest BCUT2D eigenvalue weighted by Gasteiger charge is 2.21. The minimum Gasteiger partial charge on any atom is -0.496 e. The van der Waals surface area contributed by atoms with E-state index in [1.165, 1.54) is 71.0 Å². The zero-order chi connectivity index (χ0) is 74.9. The quantitative estimate of drug-likeness (QED) is 0.0293. The van der Waals surface area contributed by atoms with E-state index in [2.05, 4.69) is 61.1 Å². The fraction of sp³-hybridized carbons (Fsp3) is 0.0658. The summed E-state index contributed by atoms with van der Waals surface area (Å²) in [4.78, 5) is 78.1.